The minimum Gasteiger partial charge on any atom is -0.254 e. The van der Waals surface area contributed by atoms with Crippen LogP contribution in [0.3, 0.4) is 0 Å². The highest BCUT2D eigenvalue weighted by Crippen LogP contribution is 2.31. The second-order valence-electron chi connectivity index (χ2n) is 6.82. The lowest BCUT2D eigenvalue weighted by atomic mass is 10.1. The van der Waals surface area contributed by atoms with Crippen molar-refractivity contribution in [2.45, 2.75) is 61.0 Å². The van der Waals surface area contributed by atoms with Gasteiger partial charge in [-0.3, -0.25) is 4.21 Å². The number of rotatable bonds is 3. The summed E-state index contributed by atoms with van der Waals surface area (Å²) in [7, 11) is -2.56. The highest BCUT2D eigenvalue weighted by molar-refractivity contribution is 7.89. The zero-order chi connectivity index (χ0) is 17.4. The fourth-order valence-electron chi connectivity index (χ4n) is 2.66. The van der Waals surface area contributed by atoms with E-state index in [0.717, 1.165) is 21.6 Å². The van der Waals surface area contributed by atoms with Crippen LogP contribution in [0.1, 0.15) is 37.5 Å². The van der Waals surface area contributed by atoms with Crippen molar-refractivity contribution in [3.63, 3.8) is 0 Å². The van der Waals surface area contributed by atoms with Gasteiger partial charge in [0.15, 0.2) is 0 Å². The summed E-state index contributed by atoms with van der Waals surface area (Å²) < 4.78 is 25.7. The SMILES string of the molecule is Cc1cc(C)c([S@@](=O)c2ccccc2[S@](=O)C(C)(C)C)c(C)c1. The summed E-state index contributed by atoms with van der Waals surface area (Å²) in [6.07, 6.45) is 0. The molecule has 0 heterocycles. The lowest BCUT2D eigenvalue weighted by Crippen LogP contribution is -2.23. The van der Waals surface area contributed by atoms with E-state index in [-0.39, 0.29) is 0 Å². The molecule has 0 spiro atoms. The largest absolute Gasteiger partial charge is 0.254 e. The molecule has 0 aliphatic rings. The van der Waals surface area contributed by atoms with Gasteiger partial charge in [-0.15, -0.1) is 0 Å². The maximum Gasteiger partial charge on any atom is 0.0867 e. The highest BCUT2D eigenvalue weighted by Gasteiger charge is 2.26. The Labute approximate surface area is 144 Å². The molecule has 4 heteroatoms. The molecular weight excluding hydrogens is 324 g/mol. The molecule has 0 unspecified atom stereocenters. The Morgan fingerprint density at radius 3 is 1.78 bits per heavy atom. The van der Waals surface area contributed by atoms with Crippen molar-refractivity contribution in [3.8, 4) is 0 Å². The van der Waals surface area contributed by atoms with E-state index in [2.05, 4.69) is 0 Å². The van der Waals surface area contributed by atoms with Crippen LogP contribution in [-0.2, 0) is 21.6 Å². The minimum absolute atomic E-state index is 0.391. The molecule has 0 bridgehead atoms. The van der Waals surface area contributed by atoms with E-state index in [1.807, 2.05) is 77.9 Å². The van der Waals surface area contributed by atoms with Crippen molar-refractivity contribution >= 4 is 21.6 Å². The number of hydrogen-bond donors (Lipinski definition) is 0. The summed E-state index contributed by atoms with van der Waals surface area (Å²) in [4.78, 5) is 2.14. The minimum atomic E-state index is -1.34. The highest BCUT2D eigenvalue weighted by atomic mass is 32.2. The fourth-order valence-corrected chi connectivity index (χ4v) is 5.60. The predicted molar refractivity (Wildman–Crippen MR) is 97.9 cm³/mol. The van der Waals surface area contributed by atoms with E-state index in [1.54, 1.807) is 0 Å². The average Bonchev–Trinajstić information content (AvgIpc) is 2.44. The molecule has 23 heavy (non-hydrogen) atoms. The summed E-state index contributed by atoms with van der Waals surface area (Å²) >= 11 is 0. The third kappa shape index (κ3) is 3.81. The molecule has 0 radical (unpaired) electrons. The van der Waals surface area contributed by atoms with Crippen molar-refractivity contribution in [1.82, 2.24) is 0 Å². The Hall–Kier alpha value is -1.26. The molecule has 0 aromatic heterocycles. The van der Waals surface area contributed by atoms with Gasteiger partial charge in [0.25, 0.3) is 0 Å². The van der Waals surface area contributed by atoms with Gasteiger partial charge in [0, 0.05) is 9.64 Å². The smallest absolute Gasteiger partial charge is 0.0867 e. The van der Waals surface area contributed by atoms with Gasteiger partial charge in [-0.2, -0.15) is 0 Å². The Morgan fingerprint density at radius 1 is 0.826 bits per heavy atom. The fraction of sp³-hybridized carbons (Fsp3) is 0.368. The molecule has 2 nitrogen and oxygen atoms in total. The molecule has 0 amide bonds. The molecule has 2 aromatic rings. The van der Waals surface area contributed by atoms with Gasteiger partial charge in [0.2, 0.25) is 0 Å². The first-order chi connectivity index (χ1) is 10.6. The molecule has 0 saturated heterocycles. The van der Waals surface area contributed by atoms with Gasteiger partial charge in [0.05, 0.1) is 31.4 Å². The molecule has 2 rings (SSSR count). The first kappa shape index (κ1) is 18.1. The van der Waals surface area contributed by atoms with Crippen molar-refractivity contribution < 1.29 is 8.42 Å². The van der Waals surface area contributed by atoms with E-state index in [1.165, 1.54) is 0 Å². The molecule has 0 N–H and O–H groups in total. The van der Waals surface area contributed by atoms with E-state index in [9.17, 15) is 8.42 Å². The summed E-state index contributed by atoms with van der Waals surface area (Å²) in [6, 6.07) is 11.5. The molecule has 0 aliphatic carbocycles. The van der Waals surface area contributed by atoms with Crippen molar-refractivity contribution in [2.75, 3.05) is 0 Å². The molecule has 124 valence electrons. The quantitative estimate of drug-likeness (QED) is 0.807. The summed E-state index contributed by atoms with van der Waals surface area (Å²) in [5.74, 6) is 0. The maximum atomic E-state index is 13.2. The van der Waals surface area contributed by atoms with Gasteiger partial charge in [-0.05, 0) is 64.8 Å². The lowest BCUT2D eigenvalue weighted by Gasteiger charge is -2.20. The molecule has 2 aromatic carbocycles. The van der Waals surface area contributed by atoms with Gasteiger partial charge >= 0.3 is 0 Å². The van der Waals surface area contributed by atoms with Gasteiger partial charge in [-0.1, -0.05) is 29.8 Å². The first-order valence-corrected chi connectivity index (χ1v) is 9.93. The second kappa shape index (κ2) is 6.70. The average molecular weight is 349 g/mol. The second-order valence-corrected chi connectivity index (χ2v) is 10.4. The third-order valence-corrected chi connectivity index (χ3v) is 7.36. The van der Waals surface area contributed by atoms with E-state index in [0.29, 0.717) is 9.79 Å². The third-order valence-electron chi connectivity index (χ3n) is 3.59. The van der Waals surface area contributed by atoms with Gasteiger partial charge in [0.1, 0.15) is 0 Å². The van der Waals surface area contributed by atoms with Crippen LogP contribution in [0, 0.1) is 20.8 Å². The van der Waals surface area contributed by atoms with Crippen LogP contribution < -0.4 is 0 Å². The normalized spacial score (nSPS) is 14.5. The molecule has 2 atom stereocenters. The zero-order valence-corrected chi connectivity index (χ0v) is 16.2. The van der Waals surface area contributed by atoms with Crippen LogP contribution in [0.4, 0.5) is 0 Å². The Kier molecular flexibility index (Phi) is 5.27. The summed E-state index contributed by atoms with van der Waals surface area (Å²) in [6.45, 7) is 11.8. The van der Waals surface area contributed by atoms with Crippen molar-refractivity contribution in [3.05, 3.63) is 53.1 Å². The topological polar surface area (TPSA) is 34.1 Å². The van der Waals surface area contributed by atoms with Crippen LogP contribution >= 0.6 is 0 Å². The van der Waals surface area contributed by atoms with E-state index < -0.39 is 26.3 Å². The lowest BCUT2D eigenvalue weighted by molar-refractivity contribution is 0.645. The Bertz CT molecular complexity index is 763. The van der Waals surface area contributed by atoms with E-state index >= 15 is 0 Å². The maximum absolute atomic E-state index is 13.2. The molecular formula is C19H24O2S2. The Morgan fingerprint density at radius 2 is 1.30 bits per heavy atom. The van der Waals surface area contributed by atoms with Crippen LogP contribution in [0.2, 0.25) is 0 Å². The summed E-state index contributed by atoms with van der Waals surface area (Å²) in [5, 5.41) is 0. The van der Waals surface area contributed by atoms with Crippen LogP contribution in [0.25, 0.3) is 0 Å². The van der Waals surface area contributed by atoms with E-state index in [4.69, 9.17) is 0 Å². The summed E-state index contributed by atoms with van der Waals surface area (Å²) in [5.41, 5.74) is 3.18. The number of hydrogen-bond acceptors (Lipinski definition) is 2. The Balaban J connectivity index is 2.61. The number of benzene rings is 2. The van der Waals surface area contributed by atoms with Crippen LogP contribution in [0.5, 0.6) is 0 Å². The van der Waals surface area contributed by atoms with Crippen molar-refractivity contribution in [2.24, 2.45) is 0 Å². The van der Waals surface area contributed by atoms with Gasteiger partial charge < -0.3 is 0 Å². The molecule has 0 saturated carbocycles. The first-order valence-electron chi connectivity index (χ1n) is 7.63. The standard InChI is InChI=1S/C19H24O2S2/c1-13-11-14(2)18(15(3)12-13)22(20)16-9-7-8-10-17(16)23(21)19(4,5)6/h7-12H,1-6H3/t22-,23-/m0/s1. The number of aryl methyl sites for hydroxylation is 3. The molecule has 0 fully saturated rings. The molecule has 0 aliphatic heterocycles. The predicted octanol–water partition coefficient (Wildman–Crippen LogP) is 4.68. The van der Waals surface area contributed by atoms with Crippen LogP contribution in [-0.4, -0.2) is 13.2 Å². The monoisotopic (exact) mass is 348 g/mol. The van der Waals surface area contributed by atoms with Crippen molar-refractivity contribution in [1.29, 1.82) is 0 Å². The van der Waals surface area contributed by atoms with Crippen LogP contribution in [0.15, 0.2) is 51.1 Å². The zero-order valence-electron chi connectivity index (χ0n) is 14.6. The van der Waals surface area contributed by atoms with Gasteiger partial charge in [-0.25, -0.2) is 4.21 Å².